The summed E-state index contributed by atoms with van der Waals surface area (Å²) in [7, 11) is -1.85. The van der Waals surface area contributed by atoms with Crippen LogP contribution in [0.25, 0.3) is 0 Å². The number of sulfonamides is 1. The molecule has 2 rings (SSSR count). The number of methoxy groups -OCH3 is 1. The lowest BCUT2D eigenvalue weighted by atomic mass is 9.97. The third-order valence-corrected chi connectivity index (χ3v) is 5.87. The lowest BCUT2D eigenvalue weighted by Crippen LogP contribution is -2.32. The number of nitrogens with zero attached hydrogens (tertiary/aromatic N) is 1. The van der Waals surface area contributed by atoms with E-state index in [4.69, 9.17) is 4.74 Å². The van der Waals surface area contributed by atoms with Crippen LogP contribution in [0.15, 0.2) is 35.9 Å². The van der Waals surface area contributed by atoms with Gasteiger partial charge in [0.05, 0.1) is 19.1 Å². The fraction of sp³-hybridized carbons (Fsp3) is 0.550. The predicted octanol–water partition coefficient (Wildman–Crippen LogP) is 3.25. The van der Waals surface area contributed by atoms with Crippen molar-refractivity contribution in [2.24, 2.45) is 0 Å². The van der Waals surface area contributed by atoms with Crippen molar-refractivity contribution in [3.8, 4) is 5.75 Å². The first-order chi connectivity index (χ1) is 12.9. The molecular weight excluding hydrogens is 364 g/mol. The third kappa shape index (κ3) is 7.25. The molecule has 0 saturated carbocycles. The van der Waals surface area contributed by atoms with E-state index in [-0.39, 0.29) is 12.5 Å². The number of hydrogen-bond acceptors (Lipinski definition) is 4. The maximum absolute atomic E-state index is 12.1. The second-order valence-corrected chi connectivity index (χ2v) is 8.75. The summed E-state index contributed by atoms with van der Waals surface area (Å²) in [5, 5.41) is 2.93. The molecule has 0 aliphatic heterocycles. The average molecular weight is 395 g/mol. The molecule has 1 aromatic rings. The first kappa shape index (κ1) is 21.3. The Morgan fingerprint density at radius 1 is 1.22 bits per heavy atom. The molecule has 1 N–H and O–H groups in total. The normalized spacial score (nSPS) is 14.4. The minimum atomic E-state index is -3.41. The van der Waals surface area contributed by atoms with Crippen LogP contribution in [0.2, 0.25) is 0 Å². The topological polar surface area (TPSA) is 75.7 Å². The van der Waals surface area contributed by atoms with Gasteiger partial charge in [-0.15, -0.1) is 0 Å². The highest BCUT2D eigenvalue weighted by molar-refractivity contribution is 7.92. The molecule has 1 aliphatic rings. The van der Waals surface area contributed by atoms with E-state index < -0.39 is 10.0 Å². The zero-order valence-corrected chi connectivity index (χ0v) is 17.1. The molecule has 1 aromatic carbocycles. The number of benzene rings is 1. The smallest absolute Gasteiger partial charge is 0.232 e. The van der Waals surface area contributed by atoms with E-state index in [0.29, 0.717) is 30.8 Å². The maximum atomic E-state index is 12.1. The molecule has 0 heterocycles. The Morgan fingerprint density at radius 2 is 1.96 bits per heavy atom. The van der Waals surface area contributed by atoms with Crippen LogP contribution in [0.5, 0.6) is 5.75 Å². The maximum Gasteiger partial charge on any atom is 0.232 e. The van der Waals surface area contributed by atoms with Crippen LogP contribution in [0.3, 0.4) is 0 Å². The Labute approximate surface area is 162 Å². The minimum Gasteiger partial charge on any atom is -0.497 e. The second kappa shape index (κ2) is 10.3. The van der Waals surface area contributed by atoms with Crippen molar-refractivity contribution in [3.05, 3.63) is 35.9 Å². The van der Waals surface area contributed by atoms with Crippen LogP contribution in [0.1, 0.15) is 44.9 Å². The fourth-order valence-corrected chi connectivity index (χ4v) is 4.17. The number of nitrogens with one attached hydrogen (secondary N) is 1. The van der Waals surface area contributed by atoms with Crippen molar-refractivity contribution < 1.29 is 17.9 Å². The van der Waals surface area contributed by atoms with Gasteiger partial charge >= 0.3 is 0 Å². The van der Waals surface area contributed by atoms with E-state index in [1.807, 2.05) is 0 Å². The van der Waals surface area contributed by atoms with Crippen LogP contribution in [0.4, 0.5) is 5.69 Å². The Bertz CT molecular complexity index is 742. The Morgan fingerprint density at radius 3 is 2.56 bits per heavy atom. The van der Waals surface area contributed by atoms with Crippen molar-refractivity contribution in [1.29, 1.82) is 0 Å². The molecule has 0 unspecified atom stereocenters. The summed E-state index contributed by atoms with van der Waals surface area (Å²) in [4.78, 5) is 12.0. The molecule has 7 heteroatoms. The first-order valence-corrected chi connectivity index (χ1v) is 11.3. The highest BCUT2D eigenvalue weighted by atomic mass is 32.2. The van der Waals surface area contributed by atoms with Gasteiger partial charge in [-0.3, -0.25) is 9.10 Å². The minimum absolute atomic E-state index is 0.0328. The van der Waals surface area contributed by atoms with Gasteiger partial charge in [-0.25, -0.2) is 8.42 Å². The molecule has 27 heavy (non-hydrogen) atoms. The Kier molecular flexibility index (Phi) is 8.16. The van der Waals surface area contributed by atoms with E-state index in [9.17, 15) is 13.2 Å². The van der Waals surface area contributed by atoms with Gasteiger partial charge in [-0.05, 0) is 62.8 Å². The summed E-state index contributed by atoms with van der Waals surface area (Å²) in [5.41, 5.74) is 2.01. The van der Waals surface area contributed by atoms with Gasteiger partial charge in [0.2, 0.25) is 15.9 Å². The molecule has 0 saturated heterocycles. The van der Waals surface area contributed by atoms with E-state index in [1.54, 1.807) is 31.4 Å². The van der Waals surface area contributed by atoms with Gasteiger partial charge in [0, 0.05) is 19.5 Å². The largest absolute Gasteiger partial charge is 0.497 e. The van der Waals surface area contributed by atoms with Crippen molar-refractivity contribution in [1.82, 2.24) is 5.32 Å². The average Bonchev–Trinajstić information content (AvgIpc) is 2.65. The monoisotopic (exact) mass is 394 g/mol. The molecule has 0 aromatic heterocycles. The van der Waals surface area contributed by atoms with E-state index >= 15 is 0 Å². The van der Waals surface area contributed by atoms with Gasteiger partial charge in [0.15, 0.2) is 0 Å². The molecule has 0 radical (unpaired) electrons. The second-order valence-electron chi connectivity index (χ2n) is 6.84. The molecular formula is C20H30N2O4S. The zero-order chi connectivity index (χ0) is 19.7. The molecule has 0 bridgehead atoms. The number of amides is 1. The molecule has 1 amide bonds. The summed E-state index contributed by atoms with van der Waals surface area (Å²) in [6.07, 6.45) is 9.94. The third-order valence-electron chi connectivity index (χ3n) is 4.68. The summed E-state index contributed by atoms with van der Waals surface area (Å²) < 4.78 is 30.6. The van der Waals surface area contributed by atoms with E-state index in [1.165, 1.54) is 29.0 Å². The zero-order valence-electron chi connectivity index (χ0n) is 16.2. The van der Waals surface area contributed by atoms with Crippen molar-refractivity contribution in [3.63, 3.8) is 0 Å². The first-order valence-electron chi connectivity index (χ1n) is 9.46. The summed E-state index contributed by atoms with van der Waals surface area (Å²) >= 11 is 0. The summed E-state index contributed by atoms with van der Waals surface area (Å²) in [6.45, 7) is 0.919. The quantitative estimate of drug-likeness (QED) is 0.618. The highest BCUT2D eigenvalue weighted by Gasteiger charge is 2.17. The van der Waals surface area contributed by atoms with E-state index in [0.717, 1.165) is 19.3 Å². The van der Waals surface area contributed by atoms with Crippen LogP contribution in [-0.2, 0) is 14.8 Å². The van der Waals surface area contributed by atoms with Gasteiger partial charge in [-0.2, -0.15) is 0 Å². The summed E-state index contributed by atoms with van der Waals surface area (Å²) in [6, 6.07) is 6.86. The standard InChI is InChI=1S/C20H30N2O4S/c1-26-19-12-10-18(11-13-19)22(27(2,24)25)16-6-9-20(23)21-15-14-17-7-4-3-5-8-17/h7,10-13H,3-6,8-9,14-16H2,1-2H3,(H,21,23). The Balaban J connectivity index is 1.78. The lowest BCUT2D eigenvalue weighted by molar-refractivity contribution is -0.121. The van der Waals surface area contributed by atoms with Gasteiger partial charge in [-0.1, -0.05) is 11.6 Å². The van der Waals surface area contributed by atoms with Gasteiger partial charge in [0.25, 0.3) is 0 Å². The van der Waals surface area contributed by atoms with Crippen molar-refractivity contribution >= 4 is 21.6 Å². The number of carbonyl (C=O) groups is 1. The fourth-order valence-electron chi connectivity index (χ4n) is 3.20. The predicted molar refractivity (Wildman–Crippen MR) is 109 cm³/mol. The molecule has 1 aliphatic carbocycles. The number of anilines is 1. The summed E-state index contributed by atoms with van der Waals surface area (Å²) in [5.74, 6) is 0.634. The molecule has 6 nitrogen and oxygen atoms in total. The number of carbonyl (C=O) groups excluding carboxylic acids is 1. The van der Waals surface area contributed by atoms with Crippen LogP contribution in [-0.4, -0.2) is 40.8 Å². The van der Waals surface area contributed by atoms with Crippen LogP contribution >= 0.6 is 0 Å². The molecule has 150 valence electrons. The molecule has 0 fully saturated rings. The lowest BCUT2D eigenvalue weighted by Gasteiger charge is -2.22. The Hall–Kier alpha value is -2.02. The van der Waals surface area contributed by atoms with Gasteiger partial charge < -0.3 is 10.1 Å². The van der Waals surface area contributed by atoms with Crippen molar-refractivity contribution in [2.45, 2.75) is 44.9 Å². The SMILES string of the molecule is COc1ccc(N(CCCC(=O)NCCC2=CCCCC2)S(C)(=O)=O)cc1. The number of allylic oxidation sites excluding steroid dienone is 1. The van der Waals surface area contributed by atoms with E-state index in [2.05, 4.69) is 11.4 Å². The molecule has 0 spiro atoms. The van der Waals surface area contributed by atoms with Crippen LogP contribution < -0.4 is 14.4 Å². The van der Waals surface area contributed by atoms with Crippen LogP contribution in [0, 0.1) is 0 Å². The van der Waals surface area contributed by atoms with Gasteiger partial charge in [0.1, 0.15) is 5.75 Å². The van der Waals surface area contributed by atoms with Crippen molar-refractivity contribution in [2.75, 3.05) is 30.8 Å². The molecule has 0 atom stereocenters. The number of ether oxygens (including phenoxy) is 1. The number of rotatable bonds is 10. The highest BCUT2D eigenvalue weighted by Crippen LogP contribution is 2.22. The number of hydrogen-bond donors (Lipinski definition) is 1.